The topological polar surface area (TPSA) is 78.9 Å². The SMILES string of the molecule is O=CN1CC2(CC(OC(=O)N3CCN(c4ncc(C(F)(F)F)cn4)CC3)C2)C1. The van der Waals surface area contributed by atoms with Crippen LogP contribution in [0.25, 0.3) is 0 Å². The molecule has 0 N–H and O–H groups in total. The number of hydrogen-bond acceptors (Lipinski definition) is 6. The first-order chi connectivity index (χ1) is 13.3. The van der Waals surface area contributed by atoms with Crippen molar-refractivity contribution < 1.29 is 27.5 Å². The van der Waals surface area contributed by atoms with E-state index in [1.807, 2.05) is 0 Å². The number of carbonyl (C=O) groups is 2. The van der Waals surface area contributed by atoms with Gasteiger partial charge < -0.3 is 19.4 Å². The van der Waals surface area contributed by atoms with Crippen LogP contribution in [0.5, 0.6) is 0 Å². The van der Waals surface area contributed by atoms with E-state index < -0.39 is 11.7 Å². The highest BCUT2D eigenvalue weighted by Crippen LogP contribution is 2.49. The molecule has 11 heteroatoms. The van der Waals surface area contributed by atoms with Crippen LogP contribution in [0, 0.1) is 5.41 Å². The molecule has 8 nitrogen and oxygen atoms in total. The Balaban J connectivity index is 1.22. The molecule has 3 aliphatic rings. The fourth-order valence-corrected chi connectivity index (χ4v) is 4.07. The Kier molecular flexibility index (Phi) is 4.54. The predicted octanol–water partition coefficient (Wildman–Crippen LogP) is 1.37. The van der Waals surface area contributed by atoms with Crippen molar-refractivity contribution in [2.75, 3.05) is 44.2 Å². The van der Waals surface area contributed by atoms with E-state index in [1.165, 1.54) is 0 Å². The van der Waals surface area contributed by atoms with Crippen LogP contribution in [0.4, 0.5) is 23.9 Å². The lowest BCUT2D eigenvalue weighted by atomic mass is 9.62. The molecule has 1 aromatic rings. The van der Waals surface area contributed by atoms with E-state index in [0.717, 1.165) is 44.7 Å². The third-order valence-electron chi connectivity index (χ3n) is 5.60. The molecule has 1 aliphatic carbocycles. The van der Waals surface area contributed by atoms with Gasteiger partial charge in [0.05, 0.1) is 5.56 Å². The van der Waals surface area contributed by atoms with Crippen LogP contribution in [0.1, 0.15) is 18.4 Å². The van der Waals surface area contributed by atoms with Crippen molar-refractivity contribution in [2.24, 2.45) is 5.41 Å². The molecule has 1 aromatic heterocycles. The minimum atomic E-state index is -4.47. The molecule has 2 aliphatic heterocycles. The second-order valence-electron chi connectivity index (χ2n) is 7.67. The summed E-state index contributed by atoms with van der Waals surface area (Å²) < 4.78 is 43.3. The quantitative estimate of drug-likeness (QED) is 0.715. The summed E-state index contributed by atoms with van der Waals surface area (Å²) in [5.74, 6) is 0.215. The van der Waals surface area contributed by atoms with E-state index in [1.54, 1.807) is 14.7 Å². The van der Waals surface area contributed by atoms with Gasteiger partial charge in [-0.05, 0) is 12.8 Å². The van der Waals surface area contributed by atoms with Crippen LogP contribution in [0.15, 0.2) is 12.4 Å². The van der Waals surface area contributed by atoms with E-state index in [2.05, 4.69) is 9.97 Å². The lowest BCUT2D eigenvalue weighted by Crippen LogP contribution is -2.64. The highest BCUT2D eigenvalue weighted by Gasteiger charge is 2.53. The summed E-state index contributed by atoms with van der Waals surface area (Å²) in [7, 11) is 0. The maximum Gasteiger partial charge on any atom is 0.419 e. The molecule has 4 rings (SSSR count). The number of anilines is 1. The smallest absolute Gasteiger partial charge is 0.419 e. The summed E-state index contributed by atoms with van der Waals surface area (Å²) >= 11 is 0. The number of halogens is 3. The minimum Gasteiger partial charge on any atom is -0.446 e. The number of carbonyl (C=O) groups excluding carboxylic acids is 2. The molecule has 1 spiro atoms. The van der Waals surface area contributed by atoms with Crippen molar-refractivity contribution in [2.45, 2.75) is 25.1 Å². The summed E-state index contributed by atoms with van der Waals surface area (Å²) in [6.07, 6.45) is -1.03. The molecule has 2 amide bonds. The zero-order chi connectivity index (χ0) is 19.9. The summed E-state index contributed by atoms with van der Waals surface area (Å²) in [4.78, 5) is 35.5. The first-order valence-electron chi connectivity index (χ1n) is 9.07. The predicted molar refractivity (Wildman–Crippen MR) is 90.4 cm³/mol. The van der Waals surface area contributed by atoms with Gasteiger partial charge in [0.25, 0.3) is 0 Å². The summed E-state index contributed by atoms with van der Waals surface area (Å²) in [6, 6.07) is 0. The van der Waals surface area contributed by atoms with Gasteiger partial charge in [-0.2, -0.15) is 13.2 Å². The van der Waals surface area contributed by atoms with E-state index in [4.69, 9.17) is 4.74 Å². The first-order valence-corrected chi connectivity index (χ1v) is 9.07. The largest absolute Gasteiger partial charge is 0.446 e. The maximum atomic E-state index is 12.6. The molecular weight excluding hydrogens is 379 g/mol. The highest BCUT2D eigenvalue weighted by molar-refractivity contribution is 5.68. The molecule has 1 saturated carbocycles. The van der Waals surface area contributed by atoms with Crippen LogP contribution in [0.2, 0.25) is 0 Å². The molecule has 2 saturated heterocycles. The van der Waals surface area contributed by atoms with E-state index >= 15 is 0 Å². The lowest BCUT2D eigenvalue weighted by Gasteiger charge is -2.57. The number of aromatic nitrogens is 2. The van der Waals surface area contributed by atoms with Gasteiger partial charge in [0.2, 0.25) is 12.4 Å². The van der Waals surface area contributed by atoms with Crippen molar-refractivity contribution in [3.8, 4) is 0 Å². The van der Waals surface area contributed by atoms with Crippen molar-refractivity contribution in [1.29, 1.82) is 0 Å². The Labute approximate surface area is 159 Å². The van der Waals surface area contributed by atoms with Gasteiger partial charge in [0, 0.05) is 57.1 Å². The average molecular weight is 399 g/mol. The Morgan fingerprint density at radius 1 is 1.14 bits per heavy atom. The van der Waals surface area contributed by atoms with E-state index in [0.29, 0.717) is 26.2 Å². The number of nitrogens with zero attached hydrogens (tertiary/aromatic N) is 5. The molecule has 152 valence electrons. The molecule has 3 heterocycles. The monoisotopic (exact) mass is 399 g/mol. The van der Waals surface area contributed by atoms with Crippen molar-refractivity contribution in [3.05, 3.63) is 18.0 Å². The molecule has 3 fully saturated rings. The second kappa shape index (κ2) is 6.78. The molecule has 0 bridgehead atoms. The summed E-state index contributed by atoms with van der Waals surface area (Å²) in [6.45, 7) is 3.08. The standard InChI is InChI=1S/C17H20F3N5O3/c18-17(19,20)12-7-21-14(22-8-12)24-1-3-25(4-2-24)15(27)28-13-5-16(6-13)9-23(10-16)11-26/h7-8,11,13H,1-6,9-10H2. The lowest BCUT2D eigenvalue weighted by molar-refractivity contribution is -0.152. The van der Waals surface area contributed by atoms with E-state index in [9.17, 15) is 22.8 Å². The molecule has 0 aromatic carbocycles. The van der Waals surface area contributed by atoms with Gasteiger partial charge in [-0.15, -0.1) is 0 Å². The first kappa shape index (κ1) is 18.8. The number of amides is 2. The summed E-state index contributed by atoms with van der Waals surface area (Å²) in [5.41, 5.74) is -0.760. The van der Waals surface area contributed by atoms with Crippen LogP contribution in [-0.2, 0) is 15.7 Å². The van der Waals surface area contributed by atoms with Gasteiger partial charge in [-0.1, -0.05) is 0 Å². The Bertz CT molecular complexity index is 735. The number of alkyl halides is 3. The Morgan fingerprint density at radius 2 is 1.75 bits per heavy atom. The zero-order valence-electron chi connectivity index (χ0n) is 15.1. The van der Waals surface area contributed by atoms with Crippen LogP contribution in [-0.4, -0.2) is 77.6 Å². The minimum absolute atomic E-state index is 0.113. The molecular formula is C17H20F3N5O3. The van der Waals surface area contributed by atoms with Crippen molar-refractivity contribution >= 4 is 18.5 Å². The molecule has 0 unspecified atom stereocenters. The number of piperazine rings is 1. The van der Waals surface area contributed by atoms with Gasteiger partial charge in [0.1, 0.15) is 6.10 Å². The normalized spacial score (nSPS) is 21.9. The number of hydrogen-bond donors (Lipinski definition) is 0. The van der Waals surface area contributed by atoms with Gasteiger partial charge in [-0.25, -0.2) is 14.8 Å². The average Bonchev–Trinajstić information content (AvgIpc) is 2.62. The zero-order valence-corrected chi connectivity index (χ0v) is 15.1. The van der Waals surface area contributed by atoms with E-state index in [-0.39, 0.29) is 23.6 Å². The van der Waals surface area contributed by atoms with Crippen LogP contribution < -0.4 is 4.90 Å². The fraction of sp³-hybridized carbons (Fsp3) is 0.647. The number of likely N-dealkylation sites (tertiary alicyclic amines) is 1. The maximum absolute atomic E-state index is 12.6. The van der Waals surface area contributed by atoms with Gasteiger partial charge >= 0.3 is 12.3 Å². The third kappa shape index (κ3) is 3.57. The highest BCUT2D eigenvalue weighted by atomic mass is 19.4. The Hall–Kier alpha value is -2.59. The molecule has 0 atom stereocenters. The second-order valence-corrected chi connectivity index (χ2v) is 7.67. The van der Waals surface area contributed by atoms with Crippen molar-refractivity contribution in [1.82, 2.24) is 19.8 Å². The van der Waals surface area contributed by atoms with Gasteiger partial charge in [0.15, 0.2) is 0 Å². The van der Waals surface area contributed by atoms with Gasteiger partial charge in [-0.3, -0.25) is 4.79 Å². The third-order valence-corrected chi connectivity index (χ3v) is 5.60. The number of rotatable bonds is 3. The molecule has 28 heavy (non-hydrogen) atoms. The summed E-state index contributed by atoms with van der Waals surface area (Å²) in [5, 5.41) is 0. The van der Waals surface area contributed by atoms with Crippen molar-refractivity contribution in [3.63, 3.8) is 0 Å². The Morgan fingerprint density at radius 3 is 2.29 bits per heavy atom. The van der Waals surface area contributed by atoms with Crippen LogP contribution >= 0.6 is 0 Å². The fourth-order valence-electron chi connectivity index (χ4n) is 4.07. The molecule has 0 radical (unpaired) electrons. The number of ether oxygens (including phenoxy) is 1. The van der Waals surface area contributed by atoms with Crippen LogP contribution in [0.3, 0.4) is 0 Å².